The molecule has 34 heavy (non-hydrogen) atoms. The molecule has 0 aliphatic heterocycles. The van der Waals surface area contributed by atoms with E-state index in [0.29, 0.717) is 11.3 Å². The SMILES string of the molecule is Cc1ccc2nc(NC(=O)c3ccc([N+](=O)[O-])cc3)nc(NC3CCCCC3N=C(N)N)c2c1. The molecule has 0 radical (unpaired) electrons. The second-order valence-electron chi connectivity index (χ2n) is 8.33. The Bertz CT molecular complexity index is 1260. The van der Waals surface area contributed by atoms with E-state index in [2.05, 4.69) is 25.6 Å². The molecule has 3 aromatic rings. The number of aromatic nitrogens is 2. The van der Waals surface area contributed by atoms with Crippen LogP contribution in [0.25, 0.3) is 10.9 Å². The molecule has 1 saturated carbocycles. The van der Waals surface area contributed by atoms with E-state index in [1.165, 1.54) is 24.3 Å². The van der Waals surface area contributed by atoms with Crippen LogP contribution in [0, 0.1) is 17.0 Å². The van der Waals surface area contributed by atoms with E-state index >= 15 is 0 Å². The number of carbonyl (C=O) groups is 1. The molecule has 11 heteroatoms. The summed E-state index contributed by atoms with van der Waals surface area (Å²) in [7, 11) is 0. The van der Waals surface area contributed by atoms with Gasteiger partial charge in [-0.3, -0.25) is 20.2 Å². The van der Waals surface area contributed by atoms with E-state index in [9.17, 15) is 14.9 Å². The fourth-order valence-electron chi connectivity index (χ4n) is 4.12. The van der Waals surface area contributed by atoms with Gasteiger partial charge in [-0.25, -0.2) is 9.98 Å². The number of aliphatic imine (C=N–C) groups is 1. The lowest BCUT2D eigenvalue weighted by molar-refractivity contribution is -0.384. The molecule has 1 aliphatic rings. The zero-order valence-electron chi connectivity index (χ0n) is 18.7. The van der Waals surface area contributed by atoms with Gasteiger partial charge in [0.1, 0.15) is 5.82 Å². The fraction of sp³-hybridized carbons (Fsp3) is 0.304. The zero-order valence-corrected chi connectivity index (χ0v) is 18.7. The normalized spacial score (nSPS) is 17.7. The maximum atomic E-state index is 12.7. The van der Waals surface area contributed by atoms with Crippen molar-refractivity contribution in [2.24, 2.45) is 16.5 Å². The number of benzene rings is 2. The summed E-state index contributed by atoms with van der Waals surface area (Å²) in [5.74, 6) is 0.285. The largest absolute Gasteiger partial charge is 0.370 e. The van der Waals surface area contributed by atoms with Crippen LogP contribution in [0.15, 0.2) is 47.5 Å². The number of aryl methyl sites for hydroxylation is 1. The van der Waals surface area contributed by atoms with Crippen molar-refractivity contribution in [3.63, 3.8) is 0 Å². The molecule has 2 aromatic carbocycles. The summed E-state index contributed by atoms with van der Waals surface area (Å²) in [6.07, 6.45) is 3.82. The van der Waals surface area contributed by atoms with Gasteiger partial charge in [-0.15, -0.1) is 0 Å². The van der Waals surface area contributed by atoms with E-state index in [-0.39, 0.29) is 35.2 Å². The number of guanidine groups is 1. The summed E-state index contributed by atoms with van der Waals surface area (Å²) in [5.41, 5.74) is 13.2. The van der Waals surface area contributed by atoms with E-state index in [1.807, 2.05) is 25.1 Å². The third kappa shape index (κ3) is 5.20. The van der Waals surface area contributed by atoms with Crippen molar-refractivity contribution in [1.82, 2.24) is 9.97 Å². The van der Waals surface area contributed by atoms with Crippen LogP contribution < -0.4 is 22.1 Å². The summed E-state index contributed by atoms with van der Waals surface area (Å²) < 4.78 is 0. The van der Waals surface area contributed by atoms with Crippen molar-refractivity contribution < 1.29 is 9.72 Å². The average molecular weight is 463 g/mol. The van der Waals surface area contributed by atoms with E-state index in [4.69, 9.17) is 11.5 Å². The number of hydrogen-bond acceptors (Lipinski definition) is 7. The Labute approximate surface area is 195 Å². The lowest BCUT2D eigenvalue weighted by Gasteiger charge is -2.30. The fourth-order valence-corrected chi connectivity index (χ4v) is 4.12. The van der Waals surface area contributed by atoms with E-state index in [1.54, 1.807) is 0 Å². The van der Waals surface area contributed by atoms with E-state index in [0.717, 1.165) is 36.6 Å². The Morgan fingerprint density at radius 1 is 1.12 bits per heavy atom. The first-order chi connectivity index (χ1) is 16.3. The van der Waals surface area contributed by atoms with Crippen molar-refractivity contribution in [2.75, 3.05) is 10.6 Å². The maximum absolute atomic E-state index is 12.7. The first-order valence-electron chi connectivity index (χ1n) is 11.0. The minimum absolute atomic E-state index is 0.0207. The van der Waals surface area contributed by atoms with Gasteiger partial charge in [0.2, 0.25) is 5.95 Å². The number of hydrogen-bond donors (Lipinski definition) is 4. The molecule has 1 fully saturated rings. The first-order valence-corrected chi connectivity index (χ1v) is 11.0. The molecule has 6 N–H and O–H groups in total. The smallest absolute Gasteiger partial charge is 0.269 e. The first kappa shape index (κ1) is 22.9. The quantitative estimate of drug-likeness (QED) is 0.187. The number of amides is 1. The Morgan fingerprint density at radius 2 is 1.85 bits per heavy atom. The van der Waals surface area contributed by atoms with E-state index < -0.39 is 10.8 Å². The summed E-state index contributed by atoms with van der Waals surface area (Å²) in [5, 5.41) is 17.9. The van der Waals surface area contributed by atoms with Gasteiger partial charge in [0.15, 0.2) is 5.96 Å². The number of nitrogens with two attached hydrogens (primary N) is 2. The van der Waals surface area contributed by atoms with Gasteiger partial charge >= 0.3 is 0 Å². The highest BCUT2D eigenvalue weighted by molar-refractivity contribution is 6.04. The molecule has 2 atom stereocenters. The summed E-state index contributed by atoms with van der Waals surface area (Å²) in [6.45, 7) is 1.98. The van der Waals surface area contributed by atoms with Gasteiger partial charge in [0, 0.05) is 23.1 Å². The third-order valence-electron chi connectivity index (χ3n) is 5.78. The van der Waals surface area contributed by atoms with Crippen LogP contribution >= 0.6 is 0 Å². The van der Waals surface area contributed by atoms with Crippen LogP contribution in [0.3, 0.4) is 0 Å². The van der Waals surface area contributed by atoms with Crippen LogP contribution in [-0.4, -0.2) is 38.8 Å². The topological polar surface area (TPSA) is 174 Å². The maximum Gasteiger partial charge on any atom is 0.269 e. The molecule has 0 spiro atoms. The molecule has 0 bridgehead atoms. The predicted octanol–water partition coefficient (Wildman–Crippen LogP) is 3.10. The number of non-ortho nitro benzene ring substituents is 1. The van der Waals surface area contributed by atoms with Crippen molar-refractivity contribution in [3.8, 4) is 0 Å². The number of fused-ring (bicyclic) bond motifs is 1. The highest BCUT2D eigenvalue weighted by Gasteiger charge is 2.26. The van der Waals surface area contributed by atoms with Gasteiger partial charge < -0.3 is 16.8 Å². The number of nitro benzene ring substituents is 1. The lowest BCUT2D eigenvalue weighted by Crippen LogP contribution is -2.38. The van der Waals surface area contributed by atoms with Crippen molar-refractivity contribution in [1.29, 1.82) is 0 Å². The number of nitrogens with one attached hydrogen (secondary N) is 2. The second-order valence-corrected chi connectivity index (χ2v) is 8.33. The monoisotopic (exact) mass is 462 g/mol. The van der Waals surface area contributed by atoms with Crippen LogP contribution in [0.4, 0.5) is 17.5 Å². The van der Waals surface area contributed by atoms with Crippen molar-refractivity contribution >= 4 is 40.2 Å². The summed E-state index contributed by atoms with van der Waals surface area (Å²) in [6, 6.07) is 11.0. The molecule has 176 valence electrons. The summed E-state index contributed by atoms with van der Waals surface area (Å²) >= 11 is 0. The minimum atomic E-state index is -0.519. The van der Waals surface area contributed by atoms with Crippen LogP contribution in [0.2, 0.25) is 0 Å². The van der Waals surface area contributed by atoms with Crippen molar-refractivity contribution in [2.45, 2.75) is 44.7 Å². The highest BCUT2D eigenvalue weighted by atomic mass is 16.6. The van der Waals surface area contributed by atoms with Gasteiger partial charge in [-0.2, -0.15) is 4.98 Å². The lowest BCUT2D eigenvalue weighted by atomic mass is 9.90. The number of anilines is 2. The Morgan fingerprint density at radius 3 is 2.56 bits per heavy atom. The number of nitrogens with zero attached hydrogens (tertiary/aromatic N) is 4. The van der Waals surface area contributed by atoms with Gasteiger partial charge in [0.05, 0.1) is 22.5 Å². The molecule has 1 aromatic heterocycles. The molecule has 1 heterocycles. The highest BCUT2D eigenvalue weighted by Crippen LogP contribution is 2.29. The minimum Gasteiger partial charge on any atom is -0.370 e. The average Bonchev–Trinajstić information content (AvgIpc) is 2.80. The molecule has 4 rings (SSSR count). The van der Waals surface area contributed by atoms with Crippen LogP contribution in [-0.2, 0) is 0 Å². The Kier molecular flexibility index (Phi) is 6.53. The number of nitro groups is 1. The molecule has 1 aliphatic carbocycles. The zero-order chi connectivity index (χ0) is 24.2. The number of carbonyl (C=O) groups excluding carboxylic acids is 1. The van der Waals surface area contributed by atoms with Gasteiger partial charge in [-0.05, 0) is 44.0 Å². The van der Waals surface area contributed by atoms with Crippen molar-refractivity contribution in [3.05, 3.63) is 63.7 Å². The molecular formula is C23H26N8O3. The standard InChI is InChI=1S/C23H26N8O3/c1-13-6-11-17-16(12-13)20(26-18-4-2-3-5-19(18)27-22(24)25)29-23(28-17)30-21(32)14-7-9-15(10-8-14)31(33)34/h6-12,18-19H,2-5H2,1H3,(H4,24,25,27)(H2,26,28,29,30,32). The molecule has 0 saturated heterocycles. The Hall–Kier alpha value is -4.28. The second kappa shape index (κ2) is 9.69. The molecular weight excluding hydrogens is 436 g/mol. The molecule has 1 amide bonds. The van der Waals surface area contributed by atoms with Crippen LogP contribution in [0.5, 0.6) is 0 Å². The molecule has 2 unspecified atom stereocenters. The van der Waals surface area contributed by atoms with Crippen LogP contribution in [0.1, 0.15) is 41.6 Å². The predicted molar refractivity (Wildman–Crippen MR) is 131 cm³/mol. The number of rotatable bonds is 6. The van der Waals surface area contributed by atoms with Gasteiger partial charge in [-0.1, -0.05) is 24.5 Å². The molecule has 11 nitrogen and oxygen atoms in total. The Balaban J connectivity index is 1.65. The third-order valence-corrected chi connectivity index (χ3v) is 5.78. The van der Waals surface area contributed by atoms with Gasteiger partial charge in [0.25, 0.3) is 11.6 Å². The summed E-state index contributed by atoms with van der Waals surface area (Å²) in [4.78, 5) is 36.5.